The summed E-state index contributed by atoms with van der Waals surface area (Å²) in [6.45, 7) is 0. The van der Waals surface area contributed by atoms with E-state index in [1.807, 2.05) is 12.1 Å². The van der Waals surface area contributed by atoms with Crippen LogP contribution in [-0.4, -0.2) is 0 Å². The number of furan rings is 1. The molecule has 0 unspecified atom stereocenters. The van der Waals surface area contributed by atoms with E-state index in [2.05, 4.69) is 54.6 Å². The zero-order valence-electron chi connectivity index (χ0n) is 14.3. The Bertz CT molecular complexity index is 698. The molecule has 1 nitrogen and oxygen atoms in total. The van der Waals surface area contributed by atoms with Gasteiger partial charge in [0.1, 0.15) is 5.76 Å². The molecule has 0 N–H and O–H groups in total. The zero-order valence-corrected chi connectivity index (χ0v) is 14.3. The molecule has 3 aromatic rings. The van der Waals surface area contributed by atoms with Gasteiger partial charge < -0.3 is 4.42 Å². The highest BCUT2D eigenvalue weighted by Crippen LogP contribution is 2.15. The summed E-state index contributed by atoms with van der Waals surface area (Å²) in [6.07, 6.45) is 10.2. The minimum Gasteiger partial charge on any atom is -0.469 e. The van der Waals surface area contributed by atoms with E-state index in [9.17, 15) is 0 Å². The van der Waals surface area contributed by atoms with Gasteiger partial charge in [-0.25, -0.2) is 0 Å². The summed E-state index contributed by atoms with van der Waals surface area (Å²) in [5, 5.41) is 0. The maximum absolute atomic E-state index is 5.44. The molecule has 0 aliphatic carbocycles. The molecule has 2 aromatic carbocycles. The van der Waals surface area contributed by atoms with Crippen LogP contribution in [0.5, 0.6) is 0 Å². The summed E-state index contributed by atoms with van der Waals surface area (Å²) in [7, 11) is 0. The van der Waals surface area contributed by atoms with Crippen LogP contribution in [0.2, 0.25) is 0 Å². The molecule has 0 fully saturated rings. The first-order valence-electron chi connectivity index (χ1n) is 9.04. The van der Waals surface area contributed by atoms with Crippen LogP contribution < -0.4 is 0 Å². The van der Waals surface area contributed by atoms with Gasteiger partial charge in [-0.3, -0.25) is 0 Å². The third kappa shape index (κ3) is 5.42. The lowest BCUT2D eigenvalue weighted by Gasteiger charge is -2.05. The van der Waals surface area contributed by atoms with Gasteiger partial charge in [0.05, 0.1) is 6.26 Å². The van der Waals surface area contributed by atoms with Gasteiger partial charge in [-0.2, -0.15) is 0 Å². The third-order valence-corrected chi connectivity index (χ3v) is 4.47. The summed E-state index contributed by atoms with van der Waals surface area (Å²) in [5.41, 5.74) is 4.25. The Morgan fingerprint density at radius 2 is 1.29 bits per heavy atom. The van der Waals surface area contributed by atoms with Crippen molar-refractivity contribution in [1.82, 2.24) is 0 Å². The van der Waals surface area contributed by atoms with Crippen molar-refractivity contribution in [3.63, 3.8) is 0 Å². The summed E-state index contributed by atoms with van der Waals surface area (Å²) >= 11 is 0. The second-order valence-corrected chi connectivity index (χ2v) is 6.48. The highest BCUT2D eigenvalue weighted by atomic mass is 16.3. The largest absolute Gasteiger partial charge is 0.469 e. The molecule has 0 saturated carbocycles. The van der Waals surface area contributed by atoms with E-state index >= 15 is 0 Å². The number of benzene rings is 2. The number of aryl methyl sites for hydroxylation is 2. The van der Waals surface area contributed by atoms with Gasteiger partial charge in [0.2, 0.25) is 0 Å². The maximum atomic E-state index is 5.44. The van der Waals surface area contributed by atoms with Gasteiger partial charge in [-0.1, -0.05) is 67.4 Å². The van der Waals surface area contributed by atoms with Crippen molar-refractivity contribution in [3.05, 3.63) is 95.4 Å². The molecule has 0 bridgehead atoms. The second kappa shape index (κ2) is 9.12. The predicted molar refractivity (Wildman–Crippen MR) is 100 cm³/mol. The van der Waals surface area contributed by atoms with Crippen LogP contribution in [-0.2, 0) is 19.3 Å². The Hall–Kier alpha value is -2.28. The van der Waals surface area contributed by atoms with Crippen molar-refractivity contribution in [2.24, 2.45) is 0 Å². The van der Waals surface area contributed by atoms with Crippen molar-refractivity contribution in [2.45, 2.75) is 44.9 Å². The minimum atomic E-state index is 0.887. The van der Waals surface area contributed by atoms with E-state index in [1.165, 1.54) is 55.2 Å². The van der Waals surface area contributed by atoms with E-state index in [1.54, 1.807) is 6.26 Å². The molecular formula is C23H26O. The lowest BCUT2D eigenvalue weighted by Crippen LogP contribution is -1.91. The molecule has 0 saturated heterocycles. The van der Waals surface area contributed by atoms with Gasteiger partial charge in [0.15, 0.2) is 0 Å². The van der Waals surface area contributed by atoms with Crippen LogP contribution in [0.15, 0.2) is 77.4 Å². The number of hydrogen-bond acceptors (Lipinski definition) is 1. The van der Waals surface area contributed by atoms with E-state index in [-0.39, 0.29) is 0 Å². The highest BCUT2D eigenvalue weighted by molar-refractivity contribution is 5.26. The Morgan fingerprint density at radius 3 is 2.04 bits per heavy atom. The van der Waals surface area contributed by atoms with Crippen LogP contribution >= 0.6 is 0 Å². The average Bonchev–Trinajstić information content (AvgIpc) is 3.12. The SMILES string of the molecule is c1ccc(CCCCCCc2cccc(Cc3ccco3)c2)cc1. The zero-order chi connectivity index (χ0) is 16.5. The fourth-order valence-corrected chi connectivity index (χ4v) is 3.17. The fourth-order valence-electron chi connectivity index (χ4n) is 3.17. The monoisotopic (exact) mass is 318 g/mol. The van der Waals surface area contributed by atoms with Crippen molar-refractivity contribution < 1.29 is 4.42 Å². The van der Waals surface area contributed by atoms with Crippen molar-refractivity contribution in [2.75, 3.05) is 0 Å². The summed E-state index contributed by atoms with van der Waals surface area (Å²) in [6, 6.07) is 23.7. The minimum absolute atomic E-state index is 0.887. The van der Waals surface area contributed by atoms with Crippen molar-refractivity contribution in [3.8, 4) is 0 Å². The molecule has 1 heteroatoms. The smallest absolute Gasteiger partial charge is 0.108 e. The molecule has 24 heavy (non-hydrogen) atoms. The Balaban J connectivity index is 1.36. The standard InChI is InChI=1S/C23H26O/c1(4-10-20-11-6-3-7-12-20)2-5-13-21-14-8-15-22(18-21)19-23-16-9-17-24-23/h3,6-9,11-12,14-18H,1-2,4-5,10,13,19H2. The van der Waals surface area contributed by atoms with Crippen LogP contribution in [0.4, 0.5) is 0 Å². The summed E-state index contributed by atoms with van der Waals surface area (Å²) in [4.78, 5) is 0. The number of rotatable bonds is 9. The van der Waals surface area contributed by atoms with Crippen LogP contribution in [0.3, 0.4) is 0 Å². The Labute approximate surface area is 145 Å². The topological polar surface area (TPSA) is 13.1 Å². The molecule has 0 amide bonds. The Kier molecular flexibility index (Phi) is 6.30. The van der Waals surface area contributed by atoms with Gasteiger partial charge in [0.25, 0.3) is 0 Å². The van der Waals surface area contributed by atoms with Gasteiger partial charge in [0, 0.05) is 6.42 Å². The molecule has 1 aromatic heterocycles. The molecular weight excluding hydrogens is 292 g/mol. The lowest BCUT2D eigenvalue weighted by molar-refractivity contribution is 0.521. The molecule has 0 spiro atoms. The van der Waals surface area contributed by atoms with E-state index < -0.39 is 0 Å². The first-order valence-corrected chi connectivity index (χ1v) is 9.04. The van der Waals surface area contributed by atoms with Gasteiger partial charge in [-0.15, -0.1) is 0 Å². The first kappa shape index (κ1) is 16.6. The van der Waals surface area contributed by atoms with Gasteiger partial charge in [-0.05, 0) is 54.5 Å². The maximum Gasteiger partial charge on any atom is 0.108 e. The predicted octanol–water partition coefficient (Wildman–Crippen LogP) is 6.22. The quantitative estimate of drug-likeness (QED) is 0.427. The van der Waals surface area contributed by atoms with Crippen molar-refractivity contribution in [1.29, 1.82) is 0 Å². The van der Waals surface area contributed by atoms with Crippen LogP contribution in [0.1, 0.15) is 48.1 Å². The van der Waals surface area contributed by atoms with E-state index in [4.69, 9.17) is 4.42 Å². The molecule has 0 aliphatic rings. The van der Waals surface area contributed by atoms with Crippen molar-refractivity contribution >= 4 is 0 Å². The normalized spacial score (nSPS) is 10.8. The fraction of sp³-hybridized carbons (Fsp3) is 0.304. The van der Waals surface area contributed by atoms with E-state index in [0.717, 1.165) is 12.2 Å². The highest BCUT2D eigenvalue weighted by Gasteiger charge is 2.01. The Morgan fingerprint density at radius 1 is 0.583 bits per heavy atom. The summed E-state index contributed by atoms with van der Waals surface area (Å²) < 4.78 is 5.44. The molecule has 0 aliphatic heterocycles. The van der Waals surface area contributed by atoms with Gasteiger partial charge >= 0.3 is 0 Å². The number of unbranched alkanes of at least 4 members (excludes halogenated alkanes) is 3. The second-order valence-electron chi connectivity index (χ2n) is 6.48. The first-order chi connectivity index (χ1) is 11.9. The molecule has 1 heterocycles. The molecule has 0 atom stereocenters. The molecule has 0 radical (unpaired) electrons. The molecule has 124 valence electrons. The van der Waals surface area contributed by atoms with Crippen LogP contribution in [0, 0.1) is 0 Å². The average molecular weight is 318 g/mol. The third-order valence-electron chi connectivity index (χ3n) is 4.47. The van der Waals surface area contributed by atoms with Crippen LogP contribution in [0.25, 0.3) is 0 Å². The lowest BCUT2D eigenvalue weighted by atomic mass is 10.0. The van der Waals surface area contributed by atoms with E-state index in [0.29, 0.717) is 0 Å². The summed E-state index contributed by atoms with van der Waals surface area (Å²) in [5.74, 6) is 1.04. The molecule has 3 rings (SSSR count). The number of hydrogen-bond donors (Lipinski definition) is 0.